The number of rotatable bonds is 6. The largest absolute Gasteiger partial charge is 0.337 e. The molecule has 2 aliphatic carbocycles. The van der Waals surface area contributed by atoms with Crippen molar-refractivity contribution in [2.45, 2.75) is 32.9 Å². The number of aliphatic imine (C=N–C) groups is 3. The number of amidine groups is 2. The van der Waals surface area contributed by atoms with Gasteiger partial charge in [0.15, 0.2) is 11.7 Å². The highest BCUT2D eigenvalue weighted by Crippen LogP contribution is 2.53. The van der Waals surface area contributed by atoms with Crippen LogP contribution in [0.1, 0.15) is 41.2 Å². The number of anilines is 1. The van der Waals surface area contributed by atoms with Gasteiger partial charge >= 0.3 is 0 Å². The van der Waals surface area contributed by atoms with Crippen molar-refractivity contribution >= 4 is 29.6 Å². The number of aryl methyl sites for hydroxylation is 1. The van der Waals surface area contributed by atoms with E-state index in [1.165, 1.54) is 28.0 Å². The van der Waals surface area contributed by atoms with E-state index in [9.17, 15) is 0 Å². The third-order valence-electron chi connectivity index (χ3n) is 9.32. The Morgan fingerprint density at radius 2 is 1.57 bits per heavy atom. The molecule has 3 aliphatic rings. The smallest absolute Gasteiger partial charge is 0.161 e. The first-order valence-corrected chi connectivity index (χ1v) is 16.0. The van der Waals surface area contributed by atoms with Crippen molar-refractivity contribution < 1.29 is 0 Å². The van der Waals surface area contributed by atoms with Gasteiger partial charge in [-0.2, -0.15) is 0 Å². The maximum absolute atomic E-state index is 5.06. The lowest BCUT2D eigenvalue weighted by Gasteiger charge is -2.33. The number of fused-ring (bicyclic) bond motifs is 3. The summed E-state index contributed by atoms with van der Waals surface area (Å²) in [6.45, 7) is 8.86. The normalized spacial score (nSPS) is 20.8. The first-order chi connectivity index (χ1) is 22.6. The fourth-order valence-electron chi connectivity index (χ4n) is 7.17. The van der Waals surface area contributed by atoms with Crippen LogP contribution < -0.4 is 4.90 Å². The van der Waals surface area contributed by atoms with Crippen LogP contribution in [0.25, 0.3) is 5.57 Å². The van der Waals surface area contributed by atoms with Crippen molar-refractivity contribution in [3.05, 3.63) is 179 Å². The first kappa shape index (κ1) is 29.4. The molecular formula is C42H38N4. The molecule has 4 nitrogen and oxygen atoms in total. The number of hydrogen-bond donors (Lipinski definition) is 0. The van der Waals surface area contributed by atoms with Gasteiger partial charge in [0.05, 0.1) is 12.6 Å². The molecule has 0 radical (unpaired) electrons. The van der Waals surface area contributed by atoms with E-state index in [4.69, 9.17) is 9.98 Å². The summed E-state index contributed by atoms with van der Waals surface area (Å²) in [5.41, 5.74) is 11.0. The third-order valence-corrected chi connectivity index (χ3v) is 9.32. The third kappa shape index (κ3) is 5.63. The maximum atomic E-state index is 5.06. The Balaban J connectivity index is 1.32. The first-order valence-electron chi connectivity index (χ1n) is 16.0. The molecule has 1 saturated heterocycles. The lowest BCUT2D eigenvalue weighted by molar-refractivity contribution is 0.504. The molecule has 0 amide bonds. The van der Waals surface area contributed by atoms with Crippen LogP contribution in [0.4, 0.5) is 5.69 Å². The molecule has 0 N–H and O–H groups in total. The van der Waals surface area contributed by atoms with Crippen molar-refractivity contribution in [2.75, 3.05) is 4.90 Å². The Labute approximate surface area is 272 Å². The molecule has 7 rings (SSSR count). The second-order valence-corrected chi connectivity index (χ2v) is 12.2. The molecular weight excluding hydrogens is 560 g/mol. The predicted octanol–water partition coefficient (Wildman–Crippen LogP) is 9.40. The van der Waals surface area contributed by atoms with E-state index in [0.29, 0.717) is 30.1 Å². The van der Waals surface area contributed by atoms with Crippen molar-refractivity contribution in [3.63, 3.8) is 0 Å². The second-order valence-electron chi connectivity index (χ2n) is 12.2. The van der Waals surface area contributed by atoms with E-state index in [1.807, 2.05) is 48.5 Å². The average molecular weight is 599 g/mol. The van der Waals surface area contributed by atoms with Crippen molar-refractivity contribution in [1.29, 1.82) is 0 Å². The molecule has 46 heavy (non-hydrogen) atoms. The van der Waals surface area contributed by atoms with Crippen LogP contribution in [0.15, 0.2) is 166 Å². The molecule has 0 spiro atoms. The molecule has 1 heterocycles. The molecule has 4 heteroatoms. The topological polar surface area (TPSA) is 40.3 Å². The Morgan fingerprint density at radius 3 is 2.35 bits per heavy atom. The molecule has 4 aromatic carbocycles. The standard InChI is InChI=1S/C42H38N4/c1-29-15-10-11-22-35(29)39-30(2)25-26-38-40(39)36-23-12-13-24-37(36)46(38)34-21-14-20-33(27-34)42(44-28-31-16-6-4-7-17-31)45-41(43-3)32-18-8-5-9-19-32/h4-22,24-27,36,38,40H,3,23,28H2,1-2H3. The van der Waals surface area contributed by atoms with Gasteiger partial charge in [-0.05, 0) is 73.0 Å². The van der Waals surface area contributed by atoms with Gasteiger partial charge in [-0.25, -0.2) is 9.98 Å². The molecule has 0 bridgehead atoms. The molecule has 3 atom stereocenters. The monoisotopic (exact) mass is 598 g/mol. The van der Waals surface area contributed by atoms with E-state index < -0.39 is 0 Å². The molecule has 226 valence electrons. The summed E-state index contributed by atoms with van der Waals surface area (Å²) >= 11 is 0. The zero-order chi connectivity index (χ0) is 31.5. The minimum atomic E-state index is 0.202. The van der Waals surface area contributed by atoms with Gasteiger partial charge in [0.2, 0.25) is 0 Å². The number of allylic oxidation sites excluding steroid dienone is 6. The summed E-state index contributed by atoms with van der Waals surface area (Å²) in [5, 5.41) is 0. The predicted molar refractivity (Wildman–Crippen MR) is 194 cm³/mol. The van der Waals surface area contributed by atoms with E-state index in [-0.39, 0.29) is 6.04 Å². The van der Waals surface area contributed by atoms with Crippen molar-refractivity contribution in [2.24, 2.45) is 26.8 Å². The van der Waals surface area contributed by atoms with E-state index in [2.05, 4.69) is 122 Å². The second kappa shape index (κ2) is 12.9. The number of nitrogens with zero attached hydrogens (tertiary/aromatic N) is 4. The zero-order valence-electron chi connectivity index (χ0n) is 26.4. The van der Waals surface area contributed by atoms with Gasteiger partial charge in [-0.1, -0.05) is 121 Å². The minimum Gasteiger partial charge on any atom is -0.337 e. The Hall–Kier alpha value is -5.35. The van der Waals surface area contributed by atoms with Crippen LogP contribution in [0, 0.1) is 18.8 Å². The molecule has 1 aliphatic heterocycles. The molecule has 1 fully saturated rings. The molecule has 4 aromatic rings. The summed E-state index contributed by atoms with van der Waals surface area (Å²) in [5.74, 6) is 1.94. The zero-order valence-corrected chi connectivity index (χ0v) is 26.4. The number of benzene rings is 4. The summed E-state index contributed by atoms with van der Waals surface area (Å²) in [6, 6.07) is 38.0. The van der Waals surface area contributed by atoms with Gasteiger partial charge in [0.1, 0.15) is 0 Å². The quantitative estimate of drug-likeness (QED) is 0.161. The Kier molecular flexibility index (Phi) is 8.26. The SMILES string of the molecule is C=NC(=NC(=NCc1ccccc1)c1cccc(N2C3=CC=CCC3C3C(c4ccccc4C)=C(C)C=CC32)c1)c1ccccc1. The lowest BCUT2D eigenvalue weighted by Crippen LogP contribution is -2.33. The molecule has 0 aromatic heterocycles. The van der Waals surface area contributed by atoms with Crippen LogP contribution in [-0.2, 0) is 6.54 Å². The van der Waals surface area contributed by atoms with Crippen LogP contribution in [-0.4, -0.2) is 24.4 Å². The summed E-state index contributed by atoms with van der Waals surface area (Å²) in [7, 11) is 0. The fraction of sp³-hybridized carbons (Fsp3) is 0.167. The van der Waals surface area contributed by atoms with Crippen LogP contribution in [0.3, 0.4) is 0 Å². The highest BCUT2D eigenvalue weighted by atomic mass is 15.2. The van der Waals surface area contributed by atoms with E-state index in [0.717, 1.165) is 28.8 Å². The van der Waals surface area contributed by atoms with Gasteiger partial charge < -0.3 is 4.90 Å². The Bertz CT molecular complexity index is 1940. The van der Waals surface area contributed by atoms with Crippen LogP contribution in [0.2, 0.25) is 0 Å². The van der Waals surface area contributed by atoms with E-state index in [1.54, 1.807) is 0 Å². The van der Waals surface area contributed by atoms with Crippen LogP contribution in [0.5, 0.6) is 0 Å². The Morgan fingerprint density at radius 1 is 0.826 bits per heavy atom. The summed E-state index contributed by atoms with van der Waals surface area (Å²) in [6.07, 6.45) is 12.6. The molecule has 3 unspecified atom stereocenters. The maximum Gasteiger partial charge on any atom is 0.161 e. The van der Waals surface area contributed by atoms with Gasteiger partial charge in [-0.3, -0.25) is 4.99 Å². The fourth-order valence-corrected chi connectivity index (χ4v) is 7.17. The van der Waals surface area contributed by atoms with Crippen molar-refractivity contribution in [1.82, 2.24) is 0 Å². The van der Waals surface area contributed by atoms with Gasteiger partial charge in [-0.15, -0.1) is 0 Å². The minimum absolute atomic E-state index is 0.202. The van der Waals surface area contributed by atoms with Crippen LogP contribution >= 0.6 is 0 Å². The molecule has 0 saturated carbocycles. The summed E-state index contributed by atoms with van der Waals surface area (Å²) in [4.78, 5) is 16.9. The highest BCUT2D eigenvalue weighted by molar-refractivity contribution is 6.13. The highest BCUT2D eigenvalue weighted by Gasteiger charge is 2.48. The van der Waals surface area contributed by atoms with E-state index >= 15 is 0 Å². The van der Waals surface area contributed by atoms with Gasteiger partial charge in [0, 0.05) is 34.3 Å². The van der Waals surface area contributed by atoms with Gasteiger partial charge in [0.25, 0.3) is 0 Å². The average Bonchev–Trinajstić information content (AvgIpc) is 3.44. The summed E-state index contributed by atoms with van der Waals surface area (Å²) < 4.78 is 0. The van der Waals surface area contributed by atoms with Crippen molar-refractivity contribution in [3.8, 4) is 0 Å². The number of hydrogen-bond acceptors (Lipinski definition) is 2. The lowest BCUT2D eigenvalue weighted by atomic mass is 9.73.